The normalized spacial score (nSPS) is 20.8. The summed E-state index contributed by atoms with van der Waals surface area (Å²) in [5, 5.41) is 15.5. The molecule has 1 heterocycles. The van der Waals surface area contributed by atoms with E-state index in [1.165, 1.54) is 0 Å². The number of aliphatic hydroxyl groups is 1. The first kappa shape index (κ1) is 14.0. The van der Waals surface area contributed by atoms with Crippen molar-refractivity contribution in [2.45, 2.75) is 18.5 Å². The van der Waals surface area contributed by atoms with Crippen LogP contribution in [-0.2, 0) is 9.53 Å². The largest absolute Gasteiger partial charge is 0.394 e. The van der Waals surface area contributed by atoms with Gasteiger partial charge < -0.3 is 20.5 Å². The lowest BCUT2D eigenvalue weighted by Gasteiger charge is -2.24. The SMILES string of the molecule is O=C(CC1COCCN1)N[C@@H](CO)c1ccccc1. The highest BCUT2D eigenvalue weighted by Gasteiger charge is 2.19. The first-order valence-electron chi connectivity index (χ1n) is 6.56. The zero-order valence-corrected chi connectivity index (χ0v) is 10.8. The van der Waals surface area contributed by atoms with E-state index >= 15 is 0 Å². The summed E-state index contributed by atoms with van der Waals surface area (Å²) >= 11 is 0. The van der Waals surface area contributed by atoms with Crippen molar-refractivity contribution in [3.63, 3.8) is 0 Å². The molecule has 0 spiro atoms. The molecule has 104 valence electrons. The summed E-state index contributed by atoms with van der Waals surface area (Å²) in [6.07, 6.45) is 0.364. The quantitative estimate of drug-likeness (QED) is 0.711. The first-order chi connectivity index (χ1) is 9.29. The molecule has 1 unspecified atom stereocenters. The second-order valence-corrected chi connectivity index (χ2v) is 4.64. The number of morpholine rings is 1. The van der Waals surface area contributed by atoms with E-state index < -0.39 is 0 Å². The number of nitrogens with one attached hydrogen (secondary N) is 2. The topological polar surface area (TPSA) is 70.6 Å². The van der Waals surface area contributed by atoms with E-state index in [0.29, 0.717) is 19.6 Å². The van der Waals surface area contributed by atoms with Crippen LogP contribution in [0.15, 0.2) is 30.3 Å². The van der Waals surface area contributed by atoms with Crippen molar-refractivity contribution in [1.82, 2.24) is 10.6 Å². The van der Waals surface area contributed by atoms with Crippen molar-refractivity contribution in [2.75, 3.05) is 26.4 Å². The molecule has 0 aliphatic carbocycles. The van der Waals surface area contributed by atoms with Gasteiger partial charge in [0.2, 0.25) is 5.91 Å². The van der Waals surface area contributed by atoms with Gasteiger partial charge in [-0.25, -0.2) is 0 Å². The fourth-order valence-corrected chi connectivity index (χ4v) is 2.15. The Morgan fingerprint density at radius 1 is 1.47 bits per heavy atom. The Kier molecular flexibility index (Phi) is 5.32. The molecule has 0 aromatic heterocycles. The second kappa shape index (κ2) is 7.23. The molecular formula is C14H20N2O3. The molecule has 1 aliphatic rings. The lowest BCUT2D eigenvalue weighted by atomic mass is 10.1. The highest BCUT2D eigenvalue weighted by molar-refractivity contribution is 5.77. The number of ether oxygens (including phenoxy) is 1. The van der Waals surface area contributed by atoms with Crippen molar-refractivity contribution >= 4 is 5.91 Å². The number of aliphatic hydroxyl groups excluding tert-OH is 1. The molecule has 1 saturated heterocycles. The molecule has 0 bridgehead atoms. The van der Waals surface area contributed by atoms with E-state index in [0.717, 1.165) is 12.1 Å². The Bertz CT molecular complexity index is 391. The standard InChI is InChI=1S/C14H20N2O3/c17-9-13(11-4-2-1-3-5-11)16-14(18)8-12-10-19-7-6-15-12/h1-5,12-13,15,17H,6-10H2,(H,16,18)/t12?,13-/m0/s1. The maximum absolute atomic E-state index is 11.9. The fraction of sp³-hybridized carbons (Fsp3) is 0.500. The summed E-state index contributed by atoms with van der Waals surface area (Å²) in [4.78, 5) is 11.9. The van der Waals surface area contributed by atoms with E-state index in [2.05, 4.69) is 10.6 Å². The van der Waals surface area contributed by atoms with Crippen molar-refractivity contribution in [3.8, 4) is 0 Å². The molecule has 2 rings (SSSR count). The van der Waals surface area contributed by atoms with Gasteiger partial charge in [0.1, 0.15) is 0 Å². The molecule has 2 atom stereocenters. The number of amides is 1. The molecule has 5 nitrogen and oxygen atoms in total. The van der Waals surface area contributed by atoms with Gasteiger partial charge in [-0.15, -0.1) is 0 Å². The molecule has 5 heteroatoms. The van der Waals surface area contributed by atoms with Crippen LogP contribution in [0.3, 0.4) is 0 Å². The average Bonchev–Trinajstić information content (AvgIpc) is 2.47. The molecule has 3 N–H and O–H groups in total. The van der Waals surface area contributed by atoms with Crippen LogP contribution >= 0.6 is 0 Å². The minimum atomic E-state index is -0.349. The van der Waals surface area contributed by atoms with Gasteiger partial charge in [0.05, 0.1) is 25.9 Å². The Morgan fingerprint density at radius 2 is 2.26 bits per heavy atom. The predicted octanol–water partition coefficient (Wildman–Crippen LogP) is 0.215. The van der Waals surface area contributed by atoms with Crippen LogP contribution in [0.5, 0.6) is 0 Å². The lowest BCUT2D eigenvalue weighted by Crippen LogP contribution is -2.44. The van der Waals surface area contributed by atoms with Gasteiger partial charge in [0, 0.05) is 19.0 Å². The Balaban J connectivity index is 1.85. The first-order valence-corrected chi connectivity index (χ1v) is 6.56. The number of hydrogen-bond donors (Lipinski definition) is 3. The third-order valence-electron chi connectivity index (χ3n) is 3.15. The summed E-state index contributed by atoms with van der Waals surface area (Å²) in [5.74, 6) is -0.0779. The highest BCUT2D eigenvalue weighted by Crippen LogP contribution is 2.12. The van der Waals surface area contributed by atoms with Crippen LogP contribution in [0.4, 0.5) is 0 Å². The van der Waals surface area contributed by atoms with Gasteiger partial charge in [-0.3, -0.25) is 4.79 Å². The minimum absolute atomic E-state index is 0.0591. The van der Waals surface area contributed by atoms with Crippen LogP contribution in [0.1, 0.15) is 18.0 Å². The average molecular weight is 264 g/mol. The predicted molar refractivity (Wildman–Crippen MR) is 71.6 cm³/mol. The monoisotopic (exact) mass is 264 g/mol. The summed E-state index contributed by atoms with van der Waals surface area (Å²) < 4.78 is 5.31. The smallest absolute Gasteiger partial charge is 0.222 e. The van der Waals surface area contributed by atoms with Crippen LogP contribution < -0.4 is 10.6 Å². The molecule has 19 heavy (non-hydrogen) atoms. The third kappa shape index (κ3) is 4.31. The number of rotatable bonds is 5. The zero-order valence-electron chi connectivity index (χ0n) is 10.8. The Hall–Kier alpha value is -1.43. The van der Waals surface area contributed by atoms with Crippen LogP contribution in [0.2, 0.25) is 0 Å². The number of benzene rings is 1. The zero-order chi connectivity index (χ0) is 13.5. The summed E-state index contributed by atoms with van der Waals surface area (Å²) in [6.45, 7) is 1.92. The number of carbonyl (C=O) groups excluding carboxylic acids is 1. The van der Waals surface area contributed by atoms with E-state index in [9.17, 15) is 9.90 Å². The third-order valence-corrected chi connectivity index (χ3v) is 3.15. The highest BCUT2D eigenvalue weighted by atomic mass is 16.5. The van der Waals surface area contributed by atoms with Gasteiger partial charge >= 0.3 is 0 Å². The molecule has 0 saturated carbocycles. The second-order valence-electron chi connectivity index (χ2n) is 4.64. The molecule has 1 amide bonds. The molecule has 1 aliphatic heterocycles. The molecule has 0 radical (unpaired) electrons. The Morgan fingerprint density at radius 3 is 2.89 bits per heavy atom. The van der Waals surface area contributed by atoms with E-state index in [1.807, 2.05) is 30.3 Å². The maximum Gasteiger partial charge on any atom is 0.222 e. The van der Waals surface area contributed by atoms with Gasteiger partial charge in [-0.2, -0.15) is 0 Å². The van der Waals surface area contributed by atoms with E-state index in [-0.39, 0.29) is 24.6 Å². The Labute approximate surface area is 113 Å². The summed E-state index contributed by atoms with van der Waals surface area (Å²) in [5.41, 5.74) is 0.909. The van der Waals surface area contributed by atoms with Crippen LogP contribution in [0, 0.1) is 0 Å². The summed E-state index contributed by atoms with van der Waals surface area (Å²) in [6, 6.07) is 9.18. The van der Waals surface area contributed by atoms with Crippen LogP contribution in [-0.4, -0.2) is 43.4 Å². The molecule has 1 aromatic carbocycles. The van der Waals surface area contributed by atoms with Gasteiger partial charge in [-0.05, 0) is 5.56 Å². The van der Waals surface area contributed by atoms with E-state index in [1.54, 1.807) is 0 Å². The van der Waals surface area contributed by atoms with Crippen LogP contribution in [0.25, 0.3) is 0 Å². The molecular weight excluding hydrogens is 244 g/mol. The van der Waals surface area contributed by atoms with Gasteiger partial charge in [0.25, 0.3) is 0 Å². The van der Waals surface area contributed by atoms with Crippen molar-refractivity contribution in [2.24, 2.45) is 0 Å². The maximum atomic E-state index is 11.9. The van der Waals surface area contributed by atoms with Crippen molar-refractivity contribution < 1.29 is 14.6 Å². The molecule has 1 fully saturated rings. The number of carbonyl (C=O) groups is 1. The lowest BCUT2D eigenvalue weighted by molar-refractivity contribution is -0.123. The fourth-order valence-electron chi connectivity index (χ4n) is 2.15. The van der Waals surface area contributed by atoms with Crippen molar-refractivity contribution in [3.05, 3.63) is 35.9 Å². The van der Waals surface area contributed by atoms with Gasteiger partial charge in [0.15, 0.2) is 0 Å². The molecule has 1 aromatic rings. The van der Waals surface area contributed by atoms with E-state index in [4.69, 9.17) is 4.74 Å². The van der Waals surface area contributed by atoms with Crippen molar-refractivity contribution in [1.29, 1.82) is 0 Å². The summed E-state index contributed by atoms with van der Waals surface area (Å²) in [7, 11) is 0. The number of hydrogen-bond acceptors (Lipinski definition) is 4. The van der Waals surface area contributed by atoms with Gasteiger partial charge in [-0.1, -0.05) is 30.3 Å². The minimum Gasteiger partial charge on any atom is -0.394 e.